The van der Waals surface area contributed by atoms with Gasteiger partial charge in [-0.2, -0.15) is 0 Å². The summed E-state index contributed by atoms with van der Waals surface area (Å²) in [5.41, 5.74) is 1.94. The predicted octanol–water partition coefficient (Wildman–Crippen LogP) is 5.16. The lowest BCUT2D eigenvalue weighted by Crippen LogP contribution is -2.23. The summed E-state index contributed by atoms with van der Waals surface area (Å²) in [7, 11) is -3.65. The van der Waals surface area contributed by atoms with Crippen LogP contribution in [-0.4, -0.2) is 34.8 Å². The maximum absolute atomic E-state index is 14.7. The minimum Gasteiger partial charge on any atom is -0.333 e. The van der Waals surface area contributed by atoms with Crippen molar-refractivity contribution in [3.05, 3.63) is 92.7 Å². The molecule has 0 aliphatic heterocycles. The minimum atomic E-state index is -3.65. The van der Waals surface area contributed by atoms with E-state index in [0.717, 1.165) is 5.56 Å². The molecule has 0 atom stereocenters. The van der Waals surface area contributed by atoms with E-state index in [1.165, 1.54) is 18.3 Å². The van der Waals surface area contributed by atoms with Crippen LogP contribution in [0.25, 0.3) is 22.0 Å². The normalized spacial score (nSPS) is 13.9. The molecule has 0 spiro atoms. The summed E-state index contributed by atoms with van der Waals surface area (Å²) in [6.45, 7) is 1.97. The molecule has 2 aromatic carbocycles. The summed E-state index contributed by atoms with van der Waals surface area (Å²) in [5, 5.41) is 0.344. The van der Waals surface area contributed by atoms with Gasteiger partial charge in [0.15, 0.2) is 15.6 Å². The molecule has 36 heavy (non-hydrogen) atoms. The van der Waals surface area contributed by atoms with Crippen LogP contribution >= 0.6 is 11.6 Å². The Morgan fingerprint density at radius 2 is 1.92 bits per heavy atom. The lowest BCUT2D eigenvalue weighted by molar-refractivity contribution is 0.101. The largest absolute Gasteiger partial charge is 0.333 e. The highest BCUT2D eigenvalue weighted by molar-refractivity contribution is 7.93. The molecule has 1 N–H and O–H groups in total. The first-order chi connectivity index (χ1) is 17.2. The number of sulfone groups is 1. The monoisotopic (exact) mass is 526 g/mol. The molecule has 0 radical (unpaired) electrons. The number of carbonyl (C=O) groups excluding carboxylic acids is 1. The number of hydrogen-bond acceptors (Lipinski definition) is 4. The van der Waals surface area contributed by atoms with E-state index in [4.69, 9.17) is 11.6 Å². The Hall–Kier alpha value is -3.23. The van der Waals surface area contributed by atoms with Gasteiger partial charge < -0.3 is 9.55 Å². The van der Waals surface area contributed by atoms with Crippen molar-refractivity contribution in [3.63, 3.8) is 0 Å². The van der Waals surface area contributed by atoms with Crippen LogP contribution in [0.1, 0.15) is 41.4 Å². The number of carbonyl (C=O) groups is 1. The molecule has 4 aromatic rings. The summed E-state index contributed by atoms with van der Waals surface area (Å²) in [6, 6.07) is 13.3. The van der Waals surface area contributed by atoms with Crippen LogP contribution in [0, 0.1) is 5.82 Å². The second kappa shape index (κ2) is 9.33. The van der Waals surface area contributed by atoms with Crippen molar-refractivity contribution in [1.29, 1.82) is 0 Å². The van der Waals surface area contributed by atoms with Gasteiger partial charge >= 0.3 is 0 Å². The van der Waals surface area contributed by atoms with E-state index in [-0.39, 0.29) is 22.8 Å². The lowest BCUT2D eigenvalue weighted by atomic mass is 10.00. The Balaban J connectivity index is 1.83. The molecule has 0 amide bonds. The Morgan fingerprint density at radius 1 is 1.17 bits per heavy atom. The maximum atomic E-state index is 14.7. The third-order valence-corrected chi connectivity index (χ3v) is 8.96. The number of nitrogens with zero attached hydrogens (tertiary/aromatic N) is 1. The van der Waals surface area contributed by atoms with Crippen molar-refractivity contribution in [3.8, 4) is 11.1 Å². The van der Waals surface area contributed by atoms with Gasteiger partial charge in [-0.15, -0.1) is 0 Å². The average molecular weight is 527 g/mol. The number of halogens is 2. The summed E-state index contributed by atoms with van der Waals surface area (Å²) in [6.07, 6.45) is 3.13. The first-order valence-corrected chi connectivity index (χ1v) is 13.8. The molecule has 1 aliphatic carbocycles. The van der Waals surface area contributed by atoms with E-state index >= 15 is 0 Å². The van der Waals surface area contributed by atoms with E-state index in [9.17, 15) is 22.4 Å². The van der Waals surface area contributed by atoms with E-state index in [1.54, 1.807) is 22.8 Å². The zero-order valence-corrected chi connectivity index (χ0v) is 21.1. The van der Waals surface area contributed by atoms with Gasteiger partial charge in [0.05, 0.1) is 28.1 Å². The molecular formula is C27H24ClFN2O4S. The SMILES string of the molecule is CCc1ccc2c(c1)c(-c1cc(Cl)c[nH]c1=O)c(C(=O)CS(=O)(=O)C1CC1)n2Cc1ccccc1F. The van der Waals surface area contributed by atoms with E-state index < -0.39 is 38.0 Å². The molecule has 0 bridgehead atoms. The molecule has 1 fully saturated rings. The quantitative estimate of drug-likeness (QED) is 0.321. The fourth-order valence-corrected chi connectivity index (χ4v) is 6.34. The fourth-order valence-electron chi connectivity index (χ4n) is 4.58. The Bertz CT molecular complexity index is 1670. The lowest BCUT2D eigenvalue weighted by Gasteiger charge is -2.13. The number of hydrogen-bond donors (Lipinski definition) is 1. The van der Waals surface area contributed by atoms with E-state index in [0.29, 0.717) is 41.3 Å². The first kappa shape index (κ1) is 24.5. The number of ketones is 1. The number of fused-ring (bicyclic) bond motifs is 1. The summed E-state index contributed by atoms with van der Waals surface area (Å²) < 4.78 is 41.9. The molecular weight excluding hydrogens is 503 g/mol. The van der Waals surface area contributed by atoms with Gasteiger partial charge in [0.25, 0.3) is 5.56 Å². The van der Waals surface area contributed by atoms with Gasteiger partial charge in [-0.1, -0.05) is 42.8 Å². The molecule has 2 heterocycles. The number of nitrogens with one attached hydrogen (secondary N) is 1. The summed E-state index contributed by atoms with van der Waals surface area (Å²) >= 11 is 6.21. The first-order valence-electron chi connectivity index (χ1n) is 11.7. The molecule has 2 aromatic heterocycles. The molecule has 186 valence electrons. The second-order valence-corrected chi connectivity index (χ2v) is 11.8. The van der Waals surface area contributed by atoms with Crippen LogP contribution in [0.2, 0.25) is 5.02 Å². The Kier molecular flexibility index (Phi) is 6.34. The topological polar surface area (TPSA) is 89.0 Å². The smallest absolute Gasteiger partial charge is 0.256 e. The maximum Gasteiger partial charge on any atom is 0.256 e. The highest BCUT2D eigenvalue weighted by atomic mass is 35.5. The van der Waals surface area contributed by atoms with Crippen LogP contribution in [0.5, 0.6) is 0 Å². The highest BCUT2D eigenvalue weighted by Gasteiger charge is 2.38. The molecule has 5 rings (SSSR count). The number of benzene rings is 2. The molecule has 0 unspecified atom stereocenters. The molecule has 6 nitrogen and oxygen atoms in total. The van der Waals surface area contributed by atoms with Gasteiger partial charge in [0, 0.05) is 28.2 Å². The van der Waals surface area contributed by atoms with E-state index in [1.807, 2.05) is 25.1 Å². The van der Waals surface area contributed by atoms with Crippen molar-refractivity contribution >= 4 is 38.1 Å². The summed E-state index contributed by atoms with van der Waals surface area (Å²) in [5.74, 6) is -1.77. The van der Waals surface area contributed by atoms with Gasteiger partial charge in [0.1, 0.15) is 11.6 Å². The van der Waals surface area contributed by atoms with Crippen LogP contribution in [0.15, 0.2) is 59.5 Å². The van der Waals surface area contributed by atoms with Crippen LogP contribution < -0.4 is 5.56 Å². The zero-order chi connectivity index (χ0) is 25.6. The molecule has 1 aliphatic rings. The minimum absolute atomic E-state index is 0.0162. The van der Waals surface area contributed by atoms with Gasteiger partial charge in [-0.05, 0) is 49.1 Å². The third kappa shape index (κ3) is 4.51. The van der Waals surface area contributed by atoms with Gasteiger partial charge in [-0.25, -0.2) is 12.8 Å². The van der Waals surface area contributed by atoms with Crippen molar-refractivity contribution in [2.75, 3.05) is 5.75 Å². The van der Waals surface area contributed by atoms with Crippen LogP contribution in [-0.2, 0) is 22.8 Å². The Morgan fingerprint density at radius 3 is 2.61 bits per heavy atom. The third-order valence-electron chi connectivity index (χ3n) is 6.59. The van der Waals surface area contributed by atoms with Crippen molar-refractivity contribution < 1.29 is 17.6 Å². The molecule has 0 saturated heterocycles. The number of Topliss-reactive ketones (excluding diaryl/α,β-unsaturated/α-hetero) is 1. The number of aromatic nitrogens is 2. The van der Waals surface area contributed by atoms with Crippen LogP contribution in [0.3, 0.4) is 0 Å². The standard InChI is InChI=1S/C27H24ClFN2O4S/c1-2-16-7-10-23-20(11-16)25(21-12-18(28)13-30-27(21)33)26(24(32)15-36(34,35)19-8-9-19)31(23)14-17-5-3-4-6-22(17)29/h3-7,10-13,19H,2,8-9,14-15H2,1H3,(H,30,33). The predicted molar refractivity (Wildman–Crippen MR) is 139 cm³/mol. The fraction of sp³-hybridized carbons (Fsp3) is 0.259. The zero-order valence-electron chi connectivity index (χ0n) is 19.6. The number of H-pyrrole nitrogens is 1. The number of aryl methyl sites for hydroxylation is 1. The number of aromatic amines is 1. The summed E-state index contributed by atoms with van der Waals surface area (Å²) in [4.78, 5) is 29.3. The van der Waals surface area contributed by atoms with Crippen LogP contribution in [0.4, 0.5) is 4.39 Å². The van der Waals surface area contributed by atoms with Crippen molar-refractivity contribution in [2.45, 2.75) is 38.0 Å². The van der Waals surface area contributed by atoms with Crippen molar-refractivity contribution in [2.24, 2.45) is 0 Å². The Labute approximate surface area is 212 Å². The highest BCUT2D eigenvalue weighted by Crippen LogP contribution is 2.37. The molecule has 1 saturated carbocycles. The van der Waals surface area contributed by atoms with E-state index in [2.05, 4.69) is 4.98 Å². The number of pyridine rings is 1. The average Bonchev–Trinajstić information content (AvgIpc) is 3.66. The second-order valence-electron chi connectivity index (χ2n) is 9.10. The van der Waals surface area contributed by atoms with Gasteiger partial charge in [-0.3, -0.25) is 9.59 Å². The van der Waals surface area contributed by atoms with Gasteiger partial charge in [0.2, 0.25) is 0 Å². The molecule has 9 heteroatoms. The van der Waals surface area contributed by atoms with Crippen molar-refractivity contribution in [1.82, 2.24) is 9.55 Å². The number of rotatable bonds is 8.